The fourth-order valence-electron chi connectivity index (χ4n) is 1.91. The van der Waals surface area contributed by atoms with Gasteiger partial charge in [-0.05, 0) is 23.3 Å². The smallest absolute Gasteiger partial charge is 0.0546 e. The van der Waals surface area contributed by atoms with Crippen molar-refractivity contribution in [2.75, 3.05) is 12.4 Å². The number of benzene rings is 2. The molecule has 0 radical (unpaired) electrons. The zero-order chi connectivity index (χ0) is 12.6. The number of hydrogen-bond acceptors (Lipinski definition) is 2. The summed E-state index contributed by atoms with van der Waals surface area (Å²) < 4.78 is 0. The van der Waals surface area contributed by atoms with E-state index in [0.717, 1.165) is 12.2 Å². The predicted octanol–water partition coefficient (Wildman–Crippen LogP) is 3.89. The van der Waals surface area contributed by atoms with Gasteiger partial charge in [0.15, 0.2) is 0 Å². The van der Waals surface area contributed by atoms with Gasteiger partial charge in [-0.3, -0.25) is 0 Å². The highest BCUT2D eigenvalue weighted by molar-refractivity contribution is 7.99. The molecule has 0 saturated heterocycles. The van der Waals surface area contributed by atoms with Crippen molar-refractivity contribution in [1.82, 2.24) is 0 Å². The Kier molecular flexibility index (Phi) is 5.31. The standard InChI is InChI=1S/C16H18OS/c17-12-7-13-18-16(14-8-3-1-4-9-14)15-10-5-2-6-11-15/h1-6,8-11,16-17H,7,12-13H2. The first kappa shape index (κ1) is 13.2. The Hall–Kier alpha value is -1.25. The van der Waals surface area contributed by atoms with Crippen molar-refractivity contribution in [3.63, 3.8) is 0 Å². The van der Waals surface area contributed by atoms with Crippen LogP contribution in [0.5, 0.6) is 0 Å². The van der Waals surface area contributed by atoms with Crippen LogP contribution < -0.4 is 0 Å². The van der Waals surface area contributed by atoms with Gasteiger partial charge in [-0.1, -0.05) is 60.7 Å². The Morgan fingerprint density at radius 2 is 1.33 bits per heavy atom. The lowest BCUT2D eigenvalue weighted by Crippen LogP contribution is -1.98. The van der Waals surface area contributed by atoms with E-state index in [1.54, 1.807) is 0 Å². The van der Waals surface area contributed by atoms with Crippen molar-refractivity contribution in [2.45, 2.75) is 11.7 Å². The highest BCUT2D eigenvalue weighted by Gasteiger charge is 2.13. The van der Waals surface area contributed by atoms with Gasteiger partial charge in [0.1, 0.15) is 0 Å². The lowest BCUT2D eigenvalue weighted by atomic mass is 10.0. The Balaban J connectivity index is 2.18. The molecule has 1 nitrogen and oxygen atoms in total. The van der Waals surface area contributed by atoms with Crippen LogP contribution in [0.1, 0.15) is 22.8 Å². The van der Waals surface area contributed by atoms with Crippen molar-refractivity contribution in [1.29, 1.82) is 0 Å². The van der Waals surface area contributed by atoms with E-state index in [4.69, 9.17) is 5.11 Å². The molecule has 0 saturated carbocycles. The Morgan fingerprint density at radius 1 is 0.833 bits per heavy atom. The predicted molar refractivity (Wildman–Crippen MR) is 78.9 cm³/mol. The summed E-state index contributed by atoms with van der Waals surface area (Å²) in [7, 11) is 0. The molecule has 0 fully saturated rings. The molecule has 0 heterocycles. The van der Waals surface area contributed by atoms with Crippen molar-refractivity contribution >= 4 is 11.8 Å². The number of hydrogen-bond donors (Lipinski definition) is 1. The molecule has 0 aliphatic carbocycles. The molecule has 0 atom stereocenters. The van der Waals surface area contributed by atoms with Gasteiger partial charge in [-0.2, -0.15) is 0 Å². The largest absolute Gasteiger partial charge is 0.396 e. The van der Waals surface area contributed by atoms with Crippen molar-refractivity contribution in [3.05, 3.63) is 71.8 Å². The van der Waals surface area contributed by atoms with E-state index in [9.17, 15) is 0 Å². The monoisotopic (exact) mass is 258 g/mol. The molecule has 0 spiro atoms. The molecule has 2 aromatic rings. The molecule has 0 aliphatic heterocycles. The van der Waals surface area contributed by atoms with E-state index in [2.05, 4.69) is 48.5 Å². The van der Waals surface area contributed by atoms with Crippen LogP contribution in [0.15, 0.2) is 60.7 Å². The molecule has 2 rings (SSSR count). The highest BCUT2D eigenvalue weighted by atomic mass is 32.2. The molecule has 0 bridgehead atoms. The lowest BCUT2D eigenvalue weighted by molar-refractivity contribution is 0.296. The summed E-state index contributed by atoms with van der Waals surface area (Å²) in [6, 6.07) is 21.1. The minimum Gasteiger partial charge on any atom is -0.396 e. The fourth-order valence-corrected chi connectivity index (χ4v) is 3.14. The summed E-state index contributed by atoms with van der Waals surface area (Å²) in [6.45, 7) is 0.267. The third-order valence-corrected chi connectivity index (χ3v) is 4.19. The quantitative estimate of drug-likeness (QED) is 0.793. The maximum Gasteiger partial charge on any atom is 0.0546 e. The van der Waals surface area contributed by atoms with Crippen molar-refractivity contribution in [2.24, 2.45) is 0 Å². The van der Waals surface area contributed by atoms with E-state index in [0.29, 0.717) is 5.25 Å². The van der Waals surface area contributed by atoms with Crippen LogP contribution in [-0.4, -0.2) is 17.5 Å². The molecule has 0 amide bonds. The third-order valence-electron chi connectivity index (χ3n) is 2.79. The second kappa shape index (κ2) is 7.24. The van der Waals surface area contributed by atoms with Crippen LogP contribution in [0.25, 0.3) is 0 Å². The van der Waals surface area contributed by atoms with Gasteiger partial charge in [0.2, 0.25) is 0 Å². The van der Waals surface area contributed by atoms with Gasteiger partial charge in [0.05, 0.1) is 5.25 Å². The zero-order valence-corrected chi connectivity index (χ0v) is 11.1. The summed E-state index contributed by atoms with van der Waals surface area (Å²) in [5, 5.41) is 9.27. The van der Waals surface area contributed by atoms with E-state index in [-0.39, 0.29) is 6.61 Å². The fraction of sp³-hybridized carbons (Fsp3) is 0.250. The minimum atomic E-state index is 0.267. The van der Waals surface area contributed by atoms with E-state index < -0.39 is 0 Å². The Bertz CT molecular complexity index is 402. The summed E-state index contributed by atoms with van der Waals surface area (Å²) in [6.07, 6.45) is 0.848. The summed E-state index contributed by atoms with van der Waals surface area (Å²) in [5.74, 6) is 0.977. The molecule has 0 aromatic heterocycles. The SMILES string of the molecule is OCCCSC(c1ccccc1)c1ccccc1. The van der Waals surface area contributed by atoms with Crippen LogP contribution in [0, 0.1) is 0 Å². The van der Waals surface area contributed by atoms with E-state index in [1.807, 2.05) is 23.9 Å². The molecule has 1 N–H and O–H groups in total. The van der Waals surface area contributed by atoms with Gasteiger partial charge in [0.25, 0.3) is 0 Å². The lowest BCUT2D eigenvalue weighted by Gasteiger charge is -2.17. The first-order valence-electron chi connectivity index (χ1n) is 6.24. The average Bonchev–Trinajstić information content (AvgIpc) is 2.46. The molecular weight excluding hydrogens is 240 g/mol. The van der Waals surface area contributed by atoms with Gasteiger partial charge < -0.3 is 5.11 Å². The number of aliphatic hydroxyl groups excluding tert-OH is 1. The maximum absolute atomic E-state index is 8.91. The van der Waals surface area contributed by atoms with Crippen LogP contribution >= 0.6 is 11.8 Å². The number of aliphatic hydroxyl groups is 1. The Morgan fingerprint density at radius 3 is 1.78 bits per heavy atom. The summed E-state index contributed by atoms with van der Waals surface area (Å²) in [4.78, 5) is 0. The second-order valence-electron chi connectivity index (χ2n) is 4.15. The van der Waals surface area contributed by atoms with Gasteiger partial charge in [-0.15, -0.1) is 11.8 Å². The molecule has 94 valence electrons. The van der Waals surface area contributed by atoms with Gasteiger partial charge in [-0.25, -0.2) is 0 Å². The first-order chi connectivity index (χ1) is 8.92. The first-order valence-corrected chi connectivity index (χ1v) is 7.29. The number of rotatable bonds is 6. The van der Waals surface area contributed by atoms with Crippen molar-refractivity contribution < 1.29 is 5.11 Å². The maximum atomic E-state index is 8.91. The third kappa shape index (κ3) is 3.62. The summed E-state index contributed by atoms with van der Waals surface area (Å²) >= 11 is 1.89. The van der Waals surface area contributed by atoms with Gasteiger partial charge in [0, 0.05) is 6.61 Å². The minimum absolute atomic E-state index is 0.267. The summed E-state index contributed by atoms with van der Waals surface area (Å²) in [5.41, 5.74) is 2.65. The number of thioether (sulfide) groups is 1. The van der Waals surface area contributed by atoms with Crippen LogP contribution in [0.3, 0.4) is 0 Å². The van der Waals surface area contributed by atoms with Crippen LogP contribution in [0.2, 0.25) is 0 Å². The molecule has 2 aromatic carbocycles. The van der Waals surface area contributed by atoms with Gasteiger partial charge >= 0.3 is 0 Å². The van der Waals surface area contributed by atoms with Crippen LogP contribution in [0.4, 0.5) is 0 Å². The molecule has 0 aliphatic rings. The van der Waals surface area contributed by atoms with E-state index in [1.165, 1.54) is 11.1 Å². The highest BCUT2D eigenvalue weighted by Crippen LogP contribution is 2.35. The second-order valence-corrected chi connectivity index (χ2v) is 5.36. The van der Waals surface area contributed by atoms with Crippen LogP contribution in [-0.2, 0) is 0 Å². The molecule has 2 heteroatoms. The van der Waals surface area contributed by atoms with Crippen molar-refractivity contribution in [3.8, 4) is 0 Å². The zero-order valence-electron chi connectivity index (χ0n) is 10.3. The van der Waals surface area contributed by atoms with E-state index >= 15 is 0 Å². The Labute approximate surface area is 113 Å². The topological polar surface area (TPSA) is 20.2 Å². The normalized spacial score (nSPS) is 10.8. The molecule has 18 heavy (non-hydrogen) atoms. The molecule has 0 unspecified atom stereocenters. The average molecular weight is 258 g/mol. The molecular formula is C16H18OS.